The summed E-state index contributed by atoms with van der Waals surface area (Å²) >= 11 is 1.19. The molecule has 2 aromatic heterocycles. The van der Waals surface area contributed by atoms with Crippen LogP contribution in [0.1, 0.15) is 37.2 Å². The molecule has 1 N–H and O–H groups in total. The predicted octanol–water partition coefficient (Wildman–Crippen LogP) is 1.92. The number of aryl methyl sites for hydroxylation is 1. The Kier molecular flexibility index (Phi) is 4.43. The van der Waals surface area contributed by atoms with Crippen molar-refractivity contribution >= 4 is 17.7 Å². The zero-order valence-electron chi connectivity index (χ0n) is 11.5. The highest BCUT2D eigenvalue weighted by Gasteiger charge is 2.16. The number of hydrogen-bond acceptors (Lipinski definition) is 6. The fraction of sp³-hybridized carbons (Fsp3) is 0.500. The molecule has 0 aliphatic carbocycles. The SMILES string of the molecule is Cc1nc(Cn2c(C(C)C)cnc2SCC(=O)O)no1. The van der Waals surface area contributed by atoms with E-state index in [9.17, 15) is 4.79 Å². The van der Waals surface area contributed by atoms with Crippen LogP contribution in [-0.4, -0.2) is 36.5 Å². The largest absolute Gasteiger partial charge is 0.481 e. The third-order valence-electron chi connectivity index (χ3n) is 2.64. The highest BCUT2D eigenvalue weighted by molar-refractivity contribution is 7.99. The first-order chi connectivity index (χ1) is 9.47. The number of rotatable bonds is 6. The molecule has 8 heteroatoms. The lowest BCUT2D eigenvalue weighted by Gasteiger charge is -2.11. The van der Waals surface area contributed by atoms with Crippen molar-refractivity contribution in [3.63, 3.8) is 0 Å². The van der Waals surface area contributed by atoms with E-state index >= 15 is 0 Å². The Morgan fingerprint density at radius 3 is 2.85 bits per heavy atom. The lowest BCUT2D eigenvalue weighted by molar-refractivity contribution is -0.133. The van der Waals surface area contributed by atoms with Gasteiger partial charge in [0, 0.05) is 18.8 Å². The summed E-state index contributed by atoms with van der Waals surface area (Å²) in [7, 11) is 0. The van der Waals surface area contributed by atoms with Gasteiger partial charge >= 0.3 is 5.97 Å². The van der Waals surface area contributed by atoms with Crippen LogP contribution in [-0.2, 0) is 11.3 Å². The van der Waals surface area contributed by atoms with Gasteiger partial charge in [-0.3, -0.25) is 4.79 Å². The van der Waals surface area contributed by atoms with E-state index in [-0.39, 0.29) is 11.7 Å². The van der Waals surface area contributed by atoms with Crippen LogP contribution in [0.3, 0.4) is 0 Å². The van der Waals surface area contributed by atoms with Crippen molar-refractivity contribution in [3.05, 3.63) is 23.6 Å². The maximum Gasteiger partial charge on any atom is 0.313 e. The first kappa shape index (κ1) is 14.6. The van der Waals surface area contributed by atoms with Gasteiger partial charge in [-0.1, -0.05) is 30.8 Å². The fourth-order valence-corrected chi connectivity index (χ4v) is 2.48. The minimum atomic E-state index is -0.869. The molecule has 0 aliphatic heterocycles. The van der Waals surface area contributed by atoms with E-state index in [1.54, 1.807) is 13.1 Å². The van der Waals surface area contributed by atoms with Gasteiger partial charge in [0.1, 0.15) is 0 Å². The number of nitrogens with zero attached hydrogens (tertiary/aromatic N) is 4. The molecular weight excluding hydrogens is 280 g/mol. The zero-order valence-corrected chi connectivity index (χ0v) is 12.3. The van der Waals surface area contributed by atoms with Crippen molar-refractivity contribution in [1.29, 1.82) is 0 Å². The van der Waals surface area contributed by atoms with Gasteiger partial charge in [0.15, 0.2) is 11.0 Å². The number of carbonyl (C=O) groups is 1. The molecule has 108 valence electrons. The molecule has 0 saturated carbocycles. The van der Waals surface area contributed by atoms with Crippen LogP contribution in [0.25, 0.3) is 0 Å². The van der Waals surface area contributed by atoms with Crippen LogP contribution in [0.4, 0.5) is 0 Å². The van der Waals surface area contributed by atoms with Crippen molar-refractivity contribution in [1.82, 2.24) is 19.7 Å². The van der Waals surface area contributed by atoms with E-state index in [0.29, 0.717) is 23.4 Å². The molecule has 7 nitrogen and oxygen atoms in total. The molecule has 0 aliphatic rings. The minimum Gasteiger partial charge on any atom is -0.481 e. The van der Waals surface area contributed by atoms with Crippen LogP contribution < -0.4 is 0 Å². The summed E-state index contributed by atoms with van der Waals surface area (Å²) < 4.78 is 6.89. The number of aromatic nitrogens is 4. The Morgan fingerprint density at radius 2 is 2.30 bits per heavy atom. The fourth-order valence-electron chi connectivity index (χ4n) is 1.78. The normalized spacial score (nSPS) is 11.2. The standard InChI is InChI=1S/C12H16N4O3S/c1-7(2)9-4-13-12(20-6-11(17)18)16(9)5-10-14-8(3)19-15-10/h4,7H,5-6H2,1-3H3,(H,17,18). The first-order valence-corrected chi connectivity index (χ1v) is 7.15. The summed E-state index contributed by atoms with van der Waals surface area (Å²) in [6, 6.07) is 0. The molecule has 0 saturated heterocycles. The van der Waals surface area contributed by atoms with Crippen molar-refractivity contribution < 1.29 is 14.4 Å². The summed E-state index contributed by atoms with van der Waals surface area (Å²) in [6.45, 7) is 6.27. The van der Waals surface area contributed by atoms with Gasteiger partial charge in [-0.15, -0.1) is 0 Å². The summed E-state index contributed by atoms with van der Waals surface area (Å²) in [5, 5.41) is 13.3. The maximum absolute atomic E-state index is 10.7. The molecule has 0 amide bonds. The lowest BCUT2D eigenvalue weighted by atomic mass is 10.1. The molecule has 0 spiro atoms. The van der Waals surface area contributed by atoms with Crippen molar-refractivity contribution in [2.75, 3.05) is 5.75 Å². The second kappa shape index (κ2) is 6.08. The van der Waals surface area contributed by atoms with Crippen LogP contribution in [0.5, 0.6) is 0 Å². The Bertz CT molecular complexity index is 606. The zero-order chi connectivity index (χ0) is 14.7. The highest BCUT2D eigenvalue weighted by atomic mass is 32.2. The second-order valence-electron chi connectivity index (χ2n) is 4.62. The van der Waals surface area contributed by atoms with Crippen molar-refractivity contribution in [3.8, 4) is 0 Å². The van der Waals surface area contributed by atoms with E-state index < -0.39 is 5.97 Å². The average molecular weight is 296 g/mol. The molecule has 0 aromatic carbocycles. The van der Waals surface area contributed by atoms with Crippen LogP contribution in [0.2, 0.25) is 0 Å². The molecule has 0 bridgehead atoms. The highest BCUT2D eigenvalue weighted by Crippen LogP contribution is 2.24. The number of thioether (sulfide) groups is 1. The first-order valence-electron chi connectivity index (χ1n) is 6.16. The van der Waals surface area contributed by atoms with E-state index in [4.69, 9.17) is 9.63 Å². The summed E-state index contributed by atoms with van der Waals surface area (Å²) in [5.41, 5.74) is 1.01. The number of hydrogen-bond donors (Lipinski definition) is 1. The molecule has 0 atom stereocenters. The molecule has 2 aromatic rings. The summed E-state index contributed by atoms with van der Waals surface area (Å²) in [5.74, 6) is 0.436. The molecule has 20 heavy (non-hydrogen) atoms. The second-order valence-corrected chi connectivity index (χ2v) is 5.56. The predicted molar refractivity (Wildman–Crippen MR) is 72.8 cm³/mol. The Morgan fingerprint density at radius 1 is 1.55 bits per heavy atom. The minimum absolute atomic E-state index is 0.0280. The Balaban J connectivity index is 2.26. The van der Waals surface area contributed by atoms with Crippen LogP contribution in [0.15, 0.2) is 15.9 Å². The monoisotopic (exact) mass is 296 g/mol. The summed E-state index contributed by atoms with van der Waals surface area (Å²) in [6.07, 6.45) is 1.77. The third kappa shape index (κ3) is 3.38. The quantitative estimate of drug-likeness (QED) is 0.814. The van der Waals surface area contributed by atoms with E-state index in [2.05, 4.69) is 29.0 Å². The van der Waals surface area contributed by atoms with Gasteiger partial charge in [-0.05, 0) is 5.92 Å². The Hall–Kier alpha value is -1.83. The average Bonchev–Trinajstić information content (AvgIpc) is 2.94. The number of carboxylic acid groups (broad SMARTS) is 1. The molecular formula is C12H16N4O3S. The number of aliphatic carboxylic acids is 1. The molecule has 0 radical (unpaired) electrons. The number of imidazole rings is 1. The van der Waals surface area contributed by atoms with Gasteiger partial charge in [0.05, 0.1) is 12.3 Å². The third-order valence-corrected chi connectivity index (χ3v) is 3.61. The summed E-state index contributed by atoms with van der Waals surface area (Å²) in [4.78, 5) is 19.1. The maximum atomic E-state index is 10.7. The topological polar surface area (TPSA) is 94.0 Å². The molecule has 0 fully saturated rings. The molecule has 2 heterocycles. The molecule has 0 unspecified atom stereocenters. The Labute approximate surface area is 120 Å². The van der Waals surface area contributed by atoms with E-state index in [1.807, 2.05) is 4.57 Å². The van der Waals surface area contributed by atoms with Crippen LogP contribution >= 0.6 is 11.8 Å². The van der Waals surface area contributed by atoms with Gasteiger partial charge in [-0.25, -0.2) is 4.98 Å². The van der Waals surface area contributed by atoms with Gasteiger partial charge < -0.3 is 14.2 Å². The smallest absolute Gasteiger partial charge is 0.313 e. The molecule has 2 rings (SSSR count). The van der Waals surface area contributed by atoms with E-state index in [1.165, 1.54) is 11.8 Å². The van der Waals surface area contributed by atoms with E-state index in [0.717, 1.165) is 5.69 Å². The number of carboxylic acids is 1. The van der Waals surface area contributed by atoms with Gasteiger partial charge in [0.25, 0.3) is 0 Å². The van der Waals surface area contributed by atoms with Gasteiger partial charge in [0.2, 0.25) is 5.89 Å². The van der Waals surface area contributed by atoms with Crippen molar-refractivity contribution in [2.45, 2.75) is 38.4 Å². The van der Waals surface area contributed by atoms with Crippen molar-refractivity contribution in [2.24, 2.45) is 0 Å². The van der Waals surface area contributed by atoms with Crippen LogP contribution in [0, 0.1) is 6.92 Å². The van der Waals surface area contributed by atoms with Gasteiger partial charge in [-0.2, -0.15) is 4.98 Å². The lowest BCUT2D eigenvalue weighted by Crippen LogP contribution is -2.09.